The van der Waals surface area contributed by atoms with Crippen LogP contribution in [0.4, 0.5) is 0 Å². The molecule has 0 saturated heterocycles. The van der Waals surface area contributed by atoms with Crippen molar-refractivity contribution in [3.8, 4) is 0 Å². The molecule has 2 atom stereocenters. The van der Waals surface area contributed by atoms with Crippen molar-refractivity contribution in [3.05, 3.63) is 0 Å². The molecular formula is C17H35NO. The van der Waals surface area contributed by atoms with E-state index in [0.717, 1.165) is 12.5 Å². The van der Waals surface area contributed by atoms with Gasteiger partial charge in [-0.3, -0.25) is 0 Å². The Morgan fingerprint density at radius 2 is 1.79 bits per heavy atom. The average molecular weight is 269 g/mol. The zero-order valence-corrected chi connectivity index (χ0v) is 13.4. The number of ether oxygens (including phenoxy) is 1. The molecule has 1 aliphatic carbocycles. The van der Waals surface area contributed by atoms with E-state index < -0.39 is 0 Å². The predicted octanol–water partition coefficient (Wildman–Crippen LogP) is 4.53. The Morgan fingerprint density at radius 1 is 1.05 bits per heavy atom. The van der Waals surface area contributed by atoms with E-state index in [4.69, 9.17) is 4.74 Å². The van der Waals surface area contributed by atoms with Crippen LogP contribution in [-0.4, -0.2) is 25.8 Å². The van der Waals surface area contributed by atoms with Crippen LogP contribution >= 0.6 is 0 Å². The van der Waals surface area contributed by atoms with Gasteiger partial charge in [-0.2, -0.15) is 0 Å². The molecule has 1 N–H and O–H groups in total. The summed E-state index contributed by atoms with van der Waals surface area (Å²) in [6.45, 7) is 5.66. The zero-order valence-electron chi connectivity index (χ0n) is 13.4. The van der Waals surface area contributed by atoms with Crippen molar-refractivity contribution >= 4 is 0 Å². The standard InChI is InChI=1S/C17H35NO/c1-4-6-8-13-16(18-14-5-2)17(19-3)15-11-9-7-10-12-15/h15-18H,4-14H2,1-3H3. The van der Waals surface area contributed by atoms with E-state index in [2.05, 4.69) is 19.2 Å². The quantitative estimate of drug-likeness (QED) is 0.588. The number of methoxy groups -OCH3 is 1. The first-order valence-electron chi connectivity index (χ1n) is 8.59. The minimum absolute atomic E-state index is 0.434. The van der Waals surface area contributed by atoms with Gasteiger partial charge in [0.05, 0.1) is 6.10 Å². The number of unbranched alkanes of at least 4 members (excludes halogenated alkanes) is 2. The van der Waals surface area contributed by atoms with Crippen LogP contribution in [-0.2, 0) is 4.74 Å². The normalized spacial score (nSPS) is 20.4. The average Bonchev–Trinajstić information content (AvgIpc) is 2.46. The molecule has 1 aliphatic rings. The molecule has 0 spiro atoms. The van der Waals surface area contributed by atoms with Crippen molar-refractivity contribution in [1.29, 1.82) is 0 Å². The van der Waals surface area contributed by atoms with Gasteiger partial charge >= 0.3 is 0 Å². The predicted molar refractivity (Wildman–Crippen MR) is 83.6 cm³/mol. The molecule has 114 valence electrons. The van der Waals surface area contributed by atoms with Crippen molar-refractivity contribution in [2.45, 2.75) is 90.2 Å². The minimum atomic E-state index is 0.434. The summed E-state index contributed by atoms with van der Waals surface area (Å²) < 4.78 is 5.92. The maximum atomic E-state index is 5.92. The highest BCUT2D eigenvalue weighted by molar-refractivity contribution is 4.84. The molecule has 1 saturated carbocycles. The van der Waals surface area contributed by atoms with Crippen LogP contribution in [0.1, 0.15) is 78.1 Å². The first-order valence-corrected chi connectivity index (χ1v) is 8.59. The van der Waals surface area contributed by atoms with Crippen molar-refractivity contribution < 1.29 is 4.74 Å². The molecule has 0 aromatic carbocycles. The molecule has 0 bridgehead atoms. The molecule has 0 aromatic rings. The fourth-order valence-corrected chi connectivity index (χ4v) is 3.47. The summed E-state index contributed by atoms with van der Waals surface area (Å²) in [5.74, 6) is 0.787. The molecule has 2 heteroatoms. The monoisotopic (exact) mass is 269 g/mol. The van der Waals surface area contributed by atoms with E-state index in [1.165, 1.54) is 64.2 Å². The maximum absolute atomic E-state index is 5.92. The van der Waals surface area contributed by atoms with Gasteiger partial charge in [0.15, 0.2) is 0 Å². The van der Waals surface area contributed by atoms with Gasteiger partial charge in [-0.15, -0.1) is 0 Å². The summed E-state index contributed by atoms with van der Waals surface area (Å²) >= 11 is 0. The summed E-state index contributed by atoms with van der Waals surface area (Å²) in [7, 11) is 1.92. The molecule has 0 radical (unpaired) electrons. The van der Waals surface area contributed by atoms with E-state index >= 15 is 0 Å². The summed E-state index contributed by atoms with van der Waals surface area (Å²) in [5.41, 5.74) is 0. The number of nitrogens with one attached hydrogen (secondary N) is 1. The van der Waals surface area contributed by atoms with E-state index in [9.17, 15) is 0 Å². The highest BCUT2D eigenvalue weighted by Crippen LogP contribution is 2.30. The fourth-order valence-electron chi connectivity index (χ4n) is 3.47. The molecule has 0 amide bonds. The van der Waals surface area contributed by atoms with Crippen LogP contribution in [0.2, 0.25) is 0 Å². The lowest BCUT2D eigenvalue weighted by Crippen LogP contribution is -2.45. The van der Waals surface area contributed by atoms with Crippen LogP contribution in [0.15, 0.2) is 0 Å². The minimum Gasteiger partial charge on any atom is -0.380 e. The number of rotatable bonds is 10. The molecule has 0 aromatic heterocycles. The zero-order chi connectivity index (χ0) is 13.9. The summed E-state index contributed by atoms with van der Waals surface area (Å²) in [6.07, 6.45) is 13.9. The number of hydrogen-bond donors (Lipinski definition) is 1. The molecular weight excluding hydrogens is 234 g/mol. The lowest BCUT2D eigenvalue weighted by Gasteiger charge is -2.35. The smallest absolute Gasteiger partial charge is 0.0752 e. The molecule has 19 heavy (non-hydrogen) atoms. The second-order valence-electron chi connectivity index (χ2n) is 6.15. The lowest BCUT2D eigenvalue weighted by atomic mass is 9.81. The summed E-state index contributed by atoms with van der Waals surface area (Å²) in [6, 6.07) is 0.569. The van der Waals surface area contributed by atoms with Crippen LogP contribution in [0.3, 0.4) is 0 Å². The van der Waals surface area contributed by atoms with Crippen LogP contribution in [0, 0.1) is 5.92 Å². The van der Waals surface area contributed by atoms with Crippen molar-refractivity contribution in [2.24, 2.45) is 5.92 Å². The van der Waals surface area contributed by atoms with Crippen LogP contribution < -0.4 is 5.32 Å². The van der Waals surface area contributed by atoms with E-state index in [1.54, 1.807) is 0 Å². The Balaban J connectivity index is 2.50. The molecule has 1 fully saturated rings. The second-order valence-corrected chi connectivity index (χ2v) is 6.15. The van der Waals surface area contributed by atoms with Gasteiger partial charge in [0, 0.05) is 13.2 Å². The maximum Gasteiger partial charge on any atom is 0.0752 e. The van der Waals surface area contributed by atoms with Gasteiger partial charge in [-0.05, 0) is 38.1 Å². The van der Waals surface area contributed by atoms with Crippen LogP contribution in [0.25, 0.3) is 0 Å². The Labute approximate surface area is 120 Å². The van der Waals surface area contributed by atoms with Crippen LogP contribution in [0.5, 0.6) is 0 Å². The highest BCUT2D eigenvalue weighted by atomic mass is 16.5. The van der Waals surface area contributed by atoms with E-state index in [1.807, 2.05) is 7.11 Å². The van der Waals surface area contributed by atoms with Gasteiger partial charge in [0.2, 0.25) is 0 Å². The first-order chi connectivity index (χ1) is 9.33. The summed E-state index contributed by atoms with van der Waals surface area (Å²) in [4.78, 5) is 0. The molecule has 1 rings (SSSR count). The van der Waals surface area contributed by atoms with E-state index in [-0.39, 0.29) is 0 Å². The van der Waals surface area contributed by atoms with Gasteiger partial charge in [0.1, 0.15) is 0 Å². The largest absolute Gasteiger partial charge is 0.380 e. The SMILES string of the molecule is CCCCCC(NCCC)C(OC)C1CCCCC1. The molecule has 0 aliphatic heterocycles. The van der Waals surface area contributed by atoms with Gasteiger partial charge < -0.3 is 10.1 Å². The Kier molecular flexibility index (Phi) is 9.54. The summed E-state index contributed by atoms with van der Waals surface area (Å²) in [5, 5.41) is 3.75. The second kappa shape index (κ2) is 10.7. The number of hydrogen-bond acceptors (Lipinski definition) is 2. The Bertz CT molecular complexity index is 201. The van der Waals surface area contributed by atoms with E-state index in [0.29, 0.717) is 12.1 Å². The van der Waals surface area contributed by atoms with Gasteiger partial charge in [-0.25, -0.2) is 0 Å². The third kappa shape index (κ3) is 6.27. The Morgan fingerprint density at radius 3 is 2.37 bits per heavy atom. The molecule has 0 heterocycles. The van der Waals surface area contributed by atoms with Crippen molar-refractivity contribution in [1.82, 2.24) is 5.32 Å². The third-order valence-electron chi connectivity index (χ3n) is 4.56. The Hall–Kier alpha value is -0.0800. The lowest BCUT2D eigenvalue weighted by molar-refractivity contribution is 0.00555. The third-order valence-corrected chi connectivity index (χ3v) is 4.56. The van der Waals surface area contributed by atoms with Crippen molar-refractivity contribution in [2.75, 3.05) is 13.7 Å². The first kappa shape index (κ1) is 17.0. The fraction of sp³-hybridized carbons (Fsp3) is 1.00. The highest BCUT2D eigenvalue weighted by Gasteiger charge is 2.29. The topological polar surface area (TPSA) is 21.3 Å². The van der Waals surface area contributed by atoms with Crippen molar-refractivity contribution in [3.63, 3.8) is 0 Å². The van der Waals surface area contributed by atoms with Gasteiger partial charge in [-0.1, -0.05) is 52.4 Å². The van der Waals surface area contributed by atoms with Gasteiger partial charge in [0.25, 0.3) is 0 Å². The molecule has 2 nitrogen and oxygen atoms in total. The molecule has 2 unspecified atom stereocenters.